The fourth-order valence-corrected chi connectivity index (χ4v) is 2.27. The summed E-state index contributed by atoms with van der Waals surface area (Å²) in [5, 5.41) is 0. The SMILES string of the molecule is CCCOc1ccc(C2(CC)OCCO2)cc1OC. The molecule has 0 bridgehead atoms. The van der Waals surface area contributed by atoms with Crippen molar-refractivity contribution in [2.45, 2.75) is 32.5 Å². The normalized spacial score (nSPS) is 17.4. The highest BCUT2D eigenvalue weighted by atomic mass is 16.7. The van der Waals surface area contributed by atoms with Crippen LogP contribution in [-0.4, -0.2) is 26.9 Å². The van der Waals surface area contributed by atoms with Gasteiger partial charge in [0.2, 0.25) is 0 Å². The largest absolute Gasteiger partial charge is 0.493 e. The van der Waals surface area contributed by atoms with Crippen molar-refractivity contribution in [1.29, 1.82) is 0 Å². The molecule has 0 amide bonds. The Morgan fingerprint density at radius 3 is 2.47 bits per heavy atom. The summed E-state index contributed by atoms with van der Waals surface area (Å²) in [4.78, 5) is 0. The van der Waals surface area contributed by atoms with E-state index in [1.807, 2.05) is 18.2 Å². The molecule has 0 spiro atoms. The molecule has 0 aromatic heterocycles. The maximum atomic E-state index is 5.78. The Balaban J connectivity index is 2.27. The first-order valence-corrected chi connectivity index (χ1v) is 6.85. The highest BCUT2D eigenvalue weighted by molar-refractivity contribution is 5.44. The number of methoxy groups -OCH3 is 1. The Morgan fingerprint density at radius 2 is 1.89 bits per heavy atom. The predicted octanol–water partition coefficient (Wildman–Crippen LogP) is 3.09. The van der Waals surface area contributed by atoms with E-state index in [9.17, 15) is 0 Å². The van der Waals surface area contributed by atoms with E-state index in [2.05, 4.69) is 13.8 Å². The molecule has 0 radical (unpaired) electrons. The Kier molecular flexibility index (Phi) is 4.66. The molecular formula is C15H22O4. The minimum absolute atomic E-state index is 0.628. The first-order chi connectivity index (χ1) is 9.25. The molecule has 1 aliphatic rings. The Labute approximate surface area is 114 Å². The Hall–Kier alpha value is -1.26. The van der Waals surface area contributed by atoms with Crippen LogP contribution in [0.25, 0.3) is 0 Å². The number of ether oxygens (including phenoxy) is 4. The van der Waals surface area contributed by atoms with Crippen LogP contribution in [0.1, 0.15) is 32.3 Å². The minimum Gasteiger partial charge on any atom is -0.493 e. The van der Waals surface area contributed by atoms with E-state index in [1.54, 1.807) is 7.11 Å². The molecule has 1 heterocycles. The van der Waals surface area contributed by atoms with Gasteiger partial charge in [-0.1, -0.05) is 13.8 Å². The van der Waals surface area contributed by atoms with Crippen molar-refractivity contribution in [3.8, 4) is 11.5 Å². The van der Waals surface area contributed by atoms with Crippen molar-refractivity contribution < 1.29 is 18.9 Å². The van der Waals surface area contributed by atoms with E-state index in [0.29, 0.717) is 19.8 Å². The molecule has 4 nitrogen and oxygen atoms in total. The average molecular weight is 266 g/mol. The Morgan fingerprint density at radius 1 is 1.16 bits per heavy atom. The summed E-state index contributed by atoms with van der Waals surface area (Å²) < 4.78 is 22.6. The summed E-state index contributed by atoms with van der Waals surface area (Å²) in [7, 11) is 1.65. The van der Waals surface area contributed by atoms with E-state index in [-0.39, 0.29) is 0 Å². The first kappa shape index (κ1) is 14.2. The van der Waals surface area contributed by atoms with Gasteiger partial charge >= 0.3 is 0 Å². The second-order valence-electron chi connectivity index (χ2n) is 4.52. The van der Waals surface area contributed by atoms with Crippen LogP contribution in [0.5, 0.6) is 11.5 Å². The third kappa shape index (κ3) is 2.85. The van der Waals surface area contributed by atoms with Crippen molar-refractivity contribution in [2.75, 3.05) is 26.9 Å². The van der Waals surface area contributed by atoms with Gasteiger partial charge in [-0.05, 0) is 24.6 Å². The lowest BCUT2D eigenvalue weighted by atomic mass is 10.0. The number of benzene rings is 1. The molecule has 1 aliphatic heterocycles. The highest BCUT2D eigenvalue weighted by Gasteiger charge is 2.37. The van der Waals surface area contributed by atoms with E-state index in [1.165, 1.54) is 0 Å². The summed E-state index contributed by atoms with van der Waals surface area (Å²) in [6.07, 6.45) is 1.74. The van der Waals surface area contributed by atoms with Gasteiger partial charge in [-0.3, -0.25) is 0 Å². The fourth-order valence-electron chi connectivity index (χ4n) is 2.27. The van der Waals surface area contributed by atoms with E-state index in [4.69, 9.17) is 18.9 Å². The van der Waals surface area contributed by atoms with Gasteiger partial charge in [0.1, 0.15) is 0 Å². The second-order valence-corrected chi connectivity index (χ2v) is 4.52. The highest BCUT2D eigenvalue weighted by Crippen LogP contribution is 2.39. The first-order valence-electron chi connectivity index (χ1n) is 6.85. The van der Waals surface area contributed by atoms with Crippen LogP contribution < -0.4 is 9.47 Å². The molecule has 4 heteroatoms. The van der Waals surface area contributed by atoms with Crippen LogP contribution in [0, 0.1) is 0 Å². The topological polar surface area (TPSA) is 36.9 Å². The summed E-state index contributed by atoms with van der Waals surface area (Å²) in [6, 6.07) is 5.86. The number of hydrogen-bond acceptors (Lipinski definition) is 4. The molecule has 1 aromatic carbocycles. The fraction of sp³-hybridized carbons (Fsp3) is 0.600. The summed E-state index contributed by atoms with van der Waals surface area (Å²) >= 11 is 0. The van der Waals surface area contributed by atoms with Crippen LogP contribution in [0.15, 0.2) is 18.2 Å². The maximum Gasteiger partial charge on any atom is 0.194 e. The molecule has 0 aliphatic carbocycles. The monoisotopic (exact) mass is 266 g/mol. The summed E-state index contributed by atoms with van der Waals surface area (Å²) in [5.41, 5.74) is 0.980. The van der Waals surface area contributed by atoms with Gasteiger partial charge in [0, 0.05) is 12.0 Å². The van der Waals surface area contributed by atoms with E-state index < -0.39 is 5.79 Å². The Bertz CT molecular complexity index is 411. The zero-order valence-corrected chi connectivity index (χ0v) is 11.9. The van der Waals surface area contributed by atoms with Gasteiger partial charge in [0.15, 0.2) is 17.3 Å². The standard InChI is InChI=1S/C15H22O4/c1-4-8-17-13-7-6-12(11-14(13)16-3)15(5-2)18-9-10-19-15/h6-7,11H,4-5,8-10H2,1-3H3. The predicted molar refractivity (Wildman–Crippen MR) is 72.7 cm³/mol. The molecule has 0 saturated carbocycles. The van der Waals surface area contributed by atoms with Gasteiger partial charge in [-0.25, -0.2) is 0 Å². The third-order valence-corrected chi connectivity index (χ3v) is 3.28. The smallest absolute Gasteiger partial charge is 0.194 e. The molecule has 2 rings (SSSR count). The molecule has 106 valence electrons. The molecule has 1 aromatic rings. The maximum absolute atomic E-state index is 5.78. The second kappa shape index (κ2) is 6.26. The van der Waals surface area contributed by atoms with Crippen LogP contribution >= 0.6 is 0 Å². The number of rotatable bonds is 6. The van der Waals surface area contributed by atoms with Crippen molar-refractivity contribution in [2.24, 2.45) is 0 Å². The lowest BCUT2D eigenvalue weighted by Crippen LogP contribution is -2.26. The summed E-state index contributed by atoms with van der Waals surface area (Å²) in [5.74, 6) is 0.853. The van der Waals surface area contributed by atoms with Gasteiger partial charge < -0.3 is 18.9 Å². The van der Waals surface area contributed by atoms with Crippen molar-refractivity contribution in [3.63, 3.8) is 0 Å². The molecule has 1 saturated heterocycles. The van der Waals surface area contributed by atoms with Crippen LogP contribution in [0.2, 0.25) is 0 Å². The van der Waals surface area contributed by atoms with Crippen molar-refractivity contribution >= 4 is 0 Å². The molecule has 19 heavy (non-hydrogen) atoms. The minimum atomic E-state index is -0.628. The zero-order chi connectivity index (χ0) is 13.7. The van der Waals surface area contributed by atoms with Crippen LogP contribution in [0.4, 0.5) is 0 Å². The third-order valence-electron chi connectivity index (χ3n) is 3.28. The van der Waals surface area contributed by atoms with E-state index >= 15 is 0 Å². The number of hydrogen-bond donors (Lipinski definition) is 0. The lowest BCUT2D eigenvalue weighted by Gasteiger charge is -2.27. The average Bonchev–Trinajstić information content (AvgIpc) is 2.95. The molecule has 1 fully saturated rings. The van der Waals surface area contributed by atoms with Crippen LogP contribution in [-0.2, 0) is 15.3 Å². The van der Waals surface area contributed by atoms with Crippen molar-refractivity contribution in [3.05, 3.63) is 23.8 Å². The van der Waals surface area contributed by atoms with E-state index in [0.717, 1.165) is 29.9 Å². The van der Waals surface area contributed by atoms with Gasteiger partial charge in [0.25, 0.3) is 0 Å². The molecule has 0 unspecified atom stereocenters. The van der Waals surface area contributed by atoms with Gasteiger partial charge in [-0.15, -0.1) is 0 Å². The van der Waals surface area contributed by atoms with Crippen LogP contribution in [0.3, 0.4) is 0 Å². The van der Waals surface area contributed by atoms with Crippen molar-refractivity contribution in [1.82, 2.24) is 0 Å². The molecule has 0 atom stereocenters. The molecule has 0 N–H and O–H groups in total. The lowest BCUT2D eigenvalue weighted by molar-refractivity contribution is -0.167. The zero-order valence-electron chi connectivity index (χ0n) is 11.9. The van der Waals surface area contributed by atoms with Gasteiger partial charge in [-0.2, -0.15) is 0 Å². The van der Waals surface area contributed by atoms with Gasteiger partial charge in [0.05, 0.1) is 26.9 Å². The summed E-state index contributed by atoms with van der Waals surface area (Å²) in [6.45, 7) is 6.07. The quantitative estimate of drug-likeness (QED) is 0.793. The molecular weight excluding hydrogens is 244 g/mol.